The van der Waals surface area contributed by atoms with Crippen LogP contribution in [-0.2, 0) is 27.2 Å². The van der Waals surface area contributed by atoms with Gasteiger partial charge in [-0.05, 0) is 29.3 Å². The molecular weight excluding hydrogens is 387 g/mol. The molecule has 0 heterocycles. The molecule has 3 N–H and O–H groups in total. The first-order valence-electron chi connectivity index (χ1n) is 8.54. The van der Waals surface area contributed by atoms with E-state index in [0.717, 1.165) is 0 Å². The van der Waals surface area contributed by atoms with Gasteiger partial charge in [-0.15, -0.1) is 0 Å². The van der Waals surface area contributed by atoms with Gasteiger partial charge in [0.05, 0.1) is 0 Å². The Labute approximate surface area is 166 Å². The largest absolute Gasteiger partial charge is 0.480 e. The summed E-state index contributed by atoms with van der Waals surface area (Å²) in [6.45, 7) is 1.23. The molecule has 148 valence electrons. The van der Waals surface area contributed by atoms with Gasteiger partial charge in [-0.2, -0.15) is 0 Å². The van der Waals surface area contributed by atoms with Crippen molar-refractivity contribution in [3.05, 3.63) is 70.5 Å². The molecule has 2 rings (SSSR count). The quantitative estimate of drug-likeness (QED) is 0.627. The third-order valence-electron chi connectivity index (χ3n) is 4.04. The fraction of sp³-hybridized carbons (Fsp3) is 0.250. The number of hydrogen-bond donors (Lipinski definition) is 3. The van der Waals surface area contributed by atoms with Crippen molar-refractivity contribution in [2.45, 2.75) is 31.8 Å². The molecule has 2 aromatic carbocycles. The standard InChI is InChI=1S/C20H20ClFN2O4/c1-12(25)23-17(11-14-4-2-3-5-16(14)22)19(26)24-18(20(27)28)10-13-6-8-15(21)9-7-13/h2-9,17-18H,10-11H2,1H3,(H,23,25)(H,24,26)(H,27,28)/t17-,18-/m1/s1. The van der Waals surface area contributed by atoms with E-state index in [1.807, 2.05) is 0 Å². The maximum atomic E-state index is 13.9. The number of carbonyl (C=O) groups excluding carboxylic acids is 2. The van der Waals surface area contributed by atoms with Gasteiger partial charge in [-0.1, -0.05) is 41.9 Å². The Morgan fingerprint density at radius 1 is 1.00 bits per heavy atom. The molecule has 8 heteroatoms. The molecule has 0 fully saturated rings. The van der Waals surface area contributed by atoms with Crippen LogP contribution in [0, 0.1) is 5.82 Å². The van der Waals surface area contributed by atoms with Crippen molar-refractivity contribution in [3.8, 4) is 0 Å². The van der Waals surface area contributed by atoms with E-state index in [2.05, 4.69) is 10.6 Å². The summed E-state index contributed by atoms with van der Waals surface area (Å²) >= 11 is 5.82. The van der Waals surface area contributed by atoms with Crippen LogP contribution in [0.4, 0.5) is 4.39 Å². The van der Waals surface area contributed by atoms with E-state index in [-0.39, 0.29) is 18.4 Å². The fourth-order valence-electron chi connectivity index (χ4n) is 2.67. The van der Waals surface area contributed by atoms with Crippen LogP contribution >= 0.6 is 11.6 Å². The zero-order valence-corrected chi connectivity index (χ0v) is 15.9. The highest BCUT2D eigenvalue weighted by Gasteiger charge is 2.27. The highest BCUT2D eigenvalue weighted by atomic mass is 35.5. The predicted molar refractivity (Wildman–Crippen MR) is 102 cm³/mol. The van der Waals surface area contributed by atoms with Gasteiger partial charge in [-0.25, -0.2) is 9.18 Å². The zero-order valence-electron chi connectivity index (χ0n) is 15.1. The Balaban J connectivity index is 2.14. The first-order chi connectivity index (χ1) is 13.3. The van der Waals surface area contributed by atoms with Crippen molar-refractivity contribution >= 4 is 29.4 Å². The predicted octanol–water partition coefficient (Wildman–Crippen LogP) is 2.34. The number of amides is 2. The first kappa shape index (κ1) is 21.4. The van der Waals surface area contributed by atoms with Crippen molar-refractivity contribution in [1.82, 2.24) is 10.6 Å². The Kier molecular flexibility index (Phi) is 7.52. The van der Waals surface area contributed by atoms with E-state index in [4.69, 9.17) is 11.6 Å². The molecule has 2 atom stereocenters. The summed E-state index contributed by atoms with van der Waals surface area (Å²) in [5.41, 5.74) is 0.906. The van der Waals surface area contributed by atoms with E-state index in [0.29, 0.717) is 10.6 Å². The van der Waals surface area contributed by atoms with Crippen LogP contribution < -0.4 is 10.6 Å². The average Bonchev–Trinajstić information content (AvgIpc) is 2.63. The Hall–Kier alpha value is -2.93. The molecule has 0 spiro atoms. The van der Waals surface area contributed by atoms with E-state index >= 15 is 0 Å². The molecule has 6 nitrogen and oxygen atoms in total. The number of benzene rings is 2. The molecule has 0 bridgehead atoms. The lowest BCUT2D eigenvalue weighted by molar-refractivity contribution is -0.142. The lowest BCUT2D eigenvalue weighted by Gasteiger charge is -2.21. The number of carboxylic acid groups (broad SMARTS) is 1. The van der Waals surface area contributed by atoms with Crippen LogP contribution in [0.3, 0.4) is 0 Å². The molecule has 0 saturated heterocycles. The fourth-order valence-corrected chi connectivity index (χ4v) is 2.79. The zero-order chi connectivity index (χ0) is 20.7. The number of rotatable bonds is 8. The second kappa shape index (κ2) is 9.85. The van der Waals surface area contributed by atoms with Gasteiger partial charge in [0.1, 0.15) is 17.9 Å². The molecule has 2 amide bonds. The number of aliphatic carboxylic acids is 1. The van der Waals surface area contributed by atoms with Crippen LogP contribution in [0.2, 0.25) is 5.02 Å². The maximum Gasteiger partial charge on any atom is 0.326 e. The minimum Gasteiger partial charge on any atom is -0.480 e. The lowest BCUT2D eigenvalue weighted by Crippen LogP contribution is -2.52. The summed E-state index contributed by atoms with van der Waals surface area (Å²) < 4.78 is 13.9. The summed E-state index contributed by atoms with van der Waals surface area (Å²) in [6.07, 6.45) is -0.0733. The number of halogens is 2. The van der Waals surface area contributed by atoms with E-state index in [9.17, 15) is 23.9 Å². The molecule has 0 saturated carbocycles. The normalized spacial score (nSPS) is 12.7. The number of carbonyl (C=O) groups is 3. The van der Waals surface area contributed by atoms with Gasteiger partial charge in [0.15, 0.2) is 0 Å². The van der Waals surface area contributed by atoms with Crippen molar-refractivity contribution in [2.24, 2.45) is 0 Å². The topological polar surface area (TPSA) is 95.5 Å². The molecule has 0 aromatic heterocycles. The smallest absolute Gasteiger partial charge is 0.326 e. The van der Waals surface area contributed by atoms with E-state index in [1.165, 1.54) is 25.1 Å². The third-order valence-corrected chi connectivity index (χ3v) is 4.30. The van der Waals surface area contributed by atoms with Crippen LogP contribution in [-0.4, -0.2) is 35.0 Å². The summed E-state index contributed by atoms with van der Waals surface area (Å²) in [7, 11) is 0. The van der Waals surface area contributed by atoms with Crippen LogP contribution in [0.5, 0.6) is 0 Å². The Morgan fingerprint density at radius 2 is 1.64 bits per heavy atom. The molecule has 0 unspecified atom stereocenters. The SMILES string of the molecule is CC(=O)N[C@H](Cc1ccccc1F)C(=O)N[C@H](Cc1ccc(Cl)cc1)C(=O)O. The molecule has 0 radical (unpaired) electrons. The maximum absolute atomic E-state index is 13.9. The molecule has 28 heavy (non-hydrogen) atoms. The van der Waals surface area contributed by atoms with Crippen LogP contribution in [0.25, 0.3) is 0 Å². The average molecular weight is 407 g/mol. The third kappa shape index (κ3) is 6.35. The van der Waals surface area contributed by atoms with Crippen molar-refractivity contribution in [1.29, 1.82) is 0 Å². The van der Waals surface area contributed by atoms with Gasteiger partial charge in [0, 0.05) is 24.8 Å². The van der Waals surface area contributed by atoms with Crippen molar-refractivity contribution in [3.63, 3.8) is 0 Å². The minimum absolute atomic E-state index is 0.0325. The molecule has 0 aliphatic rings. The van der Waals surface area contributed by atoms with E-state index < -0.39 is 35.7 Å². The van der Waals surface area contributed by atoms with E-state index in [1.54, 1.807) is 30.3 Å². The summed E-state index contributed by atoms with van der Waals surface area (Å²) in [5.74, 6) is -2.93. The number of hydrogen-bond acceptors (Lipinski definition) is 3. The second-order valence-electron chi connectivity index (χ2n) is 6.28. The first-order valence-corrected chi connectivity index (χ1v) is 8.92. The Bertz CT molecular complexity index is 858. The second-order valence-corrected chi connectivity index (χ2v) is 6.72. The monoisotopic (exact) mass is 406 g/mol. The summed E-state index contributed by atoms with van der Waals surface area (Å²) in [4.78, 5) is 35.7. The van der Waals surface area contributed by atoms with Crippen LogP contribution in [0.15, 0.2) is 48.5 Å². The summed E-state index contributed by atoms with van der Waals surface area (Å²) in [6, 6.07) is 10.1. The van der Waals surface area contributed by atoms with Gasteiger partial charge in [0.2, 0.25) is 11.8 Å². The van der Waals surface area contributed by atoms with Crippen molar-refractivity contribution in [2.75, 3.05) is 0 Å². The minimum atomic E-state index is -1.23. The van der Waals surface area contributed by atoms with Gasteiger partial charge in [-0.3, -0.25) is 9.59 Å². The van der Waals surface area contributed by atoms with Gasteiger partial charge < -0.3 is 15.7 Å². The van der Waals surface area contributed by atoms with Gasteiger partial charge in [0.25, 0.3) is 0 Å². The molecular formula is C20H20ClFN2O4. The highest BCUT2D eigenvalue weighted by Crippen LogP contribution is 2.12. The van der Waals surface area contributed by atoms with Crippen LogP contribution in [0.1, 0.15) is 18.1 Å². The number of carboxylic acids is 1. The highest BCUT2D eigenvalue weighted by molar-refractivity contribution is 6.30. The molecule has 0 aliphatic carbocycles. The van der Waals surface area contributed by atoms with Crippen molar-refractivity contribution < 1.29 is 23.9 Å². The lowest BCUT2D eigenvalue weighted by atomic mass is 10.0. The molecule has 2 aromatic rings. The number of nitrogens with one attached hydrogen (secondary N) is 2. The molecule has 0 aliphatic heterocycles. The Morgan fingerprint density at radius 3 is 2.21 bits per heavy atom. The summed E-state index contributed by atoms with van der Waals surface area (Å²) in [5, 5.41) is 14.8. The van der Waals surface area contributed by atoms with Gasteiger partial charge >= 0.3 is 5.97 Å².